The summed E-state index contributed by atoms with van der Waals surface area (Å²) in [4.78, 5) is 17.2. The maximum absolute atomic E-state index is 12.1. The van der Waals surface area contributed by atoms with Gasteiger partial charge in [-0.25, -0.2) is 0 Å². The first-order valence-electron chi connectivity index (χ1n) is 7.18. The Bertz CT molecular complexity index is 820. The Morgan fingerprint density at radius 3 is 3.04 bits per heavy atom. The molecule has 3 aromatic rings. The van der Waals surface area contributed by atoms with Gasteiger partial charge in [0.25, 0.3) is 11.8 Å². The van der Waals surface area contributed by atoms with Crippen molar-refractivity contribution in [3.8, 4) is 16.5 Å². The monoisotopic (exact) mass is 363 g/mol. The molecule has 2 aromatic heterocycles. The summed E-state index contributed by atoms with van der Waals surface area (Å²) in [7, 11) is 0. The van der Waals surface area contributed by atoms with Crippen LogP contribution in [0.25, 0.3) is 10.8 Å². The average Bonchev–Trinajstić information content (AvgIpc) is 3.23. The smallest absolute Gasteiger partial charge is 0.268 e. The molecule has 6 nitrogen and oxygen atoms in total. The minimum atomic E-state index is -0.674. The van der Waals surface area contributed by atoms with E-state index in [-0.39, 0.29) is 12.5 Å². The van der Waals surface area contributed by atoms with Crippen LogP contribution in [0.4, 0.5) is 0 Å². The van der Waals surface area contributed by atoms with Crippen molar-refractivity contribution in [1.29, 1.82) is 0 Å². The Hall–Kier alpha value is -2.38. The standard InChI is InChI=1S/C16H14ClN3O3S/c1-10(22-12-5-2-4-11(17)8-12)15(21)18-9-14-19-16(23-20-14)13-6-3-7-24-13/h2-8,10H,9H2,1H3,(H,18,21). The summed E-state index contributed by atoms with van der Waals surface area (Å²) in [5.41, 5.74) is 0. The van der Waals surface area contributed by atoms with Crippen molar-refractivity contribution in [1.82, 2.24) is 15.5 Å². The Balaban J connectivity index is 1.53. The second kappa shape index (κ2) is 7.46. The van der Waals surface area contributed by atoms with Crippen molar-refractivity contribution in [3.63, 3.8) is 0 Å². The van der Waals surface area contributed by atoms with Crippen molar-refractivity contribution in [3.05, 3.63) is 52.6 Å². The van der Waals surface area contributed by atoms with Crippen LogP contribution in [0.3, 0.4) is 0 Å². The highest BCUT2D eigenvalue weighted by Gasteiger charge is 2.16. The summed E-state index contributed by atoms with van der Waals surface area (Å²) in [6, 6.07) is 10.7. The predicted octanol–water partition coefficient (Wildman–Crippen LogP) is 3.54. The van der Waals surface area contributed by atoms with Crippen molar-refractivity contribution in [2.45, 2.75) is 19.6 Å². The van der Waals surface area contributed by atoms with Gasteiger partial charge in [0.15, 0.2) is 11.9 Å². The van der Waals surface area contributed by atoms with E-state index in [0.717, 1.165) is 4.88 Å². The number of carbonyl (C=O) groups excluding carboxylic acids is 1. The topological polar surface area (TPSA) is 77.2 Å². The van der Waals surface area contributed by atoms with Gasteiger partial charge in [0, 0.05) is 5.02 Å². The lowest BCUT2D eigenvalue weighted by Crippen LogP contribution is -2.36. The number of hydrogen-bond donors (Lipinski definition) is 1. The third kappa shape index (κ3) is 4.12. The lowest BCUT2D eigenvalue weighted by molar-refractivity contribution is -0.127. The third-order valence-electron chi connectivity index (χ3n) is 3.10. The Labute approximate surface area is 147 Å². The van der Waals surface area contributed by atoms with Crippen LogP contribution >= 0.6 is 22.9 Å². The van der Waals surface area contributed by atoms with Crippen molar-refractivity contribution < 1.29 is 14.1 Å². The van der Waals surface area contributed by atoms with Gasteiger partial charge in [-0.3, -0.25) is 4.79 Å². The molecule has 0 radical (unpaired) electrons. The zero-order valence-electron chi connectivity index (χ0n) is 12.7. The van der Waals surface area contributed by atoms with E-state index >= 15 is 0 Å². The largest absolute Gasteiger partial charge is 0.481 e. The van der Waals surface area contributed by atoms with Gasteiger partial charge >= 0.3 is 0 Å². The van der Waals surface area contributed by atoms with Gasteiger partial charge in [-0.15, -0.1) is 11.3 Å². The van der Waals surface area contributed by atoms with E-state index in [2.05, 4.69) is 15.5 Å². The molecule has 3 rings (SSSR count). The van der Waals surface area contributed by atoms with E-state index in [1.165, 1.54) is 11.3 Å². The van der Waals surface area contributed by atoms with Crippen LogP contribution in [0.5, 0.6) is 5.75 Å². The molecule has 0 bridgehead atoms. The fraction of sp³-hybridized carbons (Fsp3) is 0.188. The number of benzene rings is 1. The maximum Gasteiger partial charge on any atom is 0.268 e. The lowest BCUT2D eigenvalue weighted by atomic mass is 10.3. The van der Waals surface area contributed by atoms with Crippen molar-refractivity contribution >= 4 is 28.8 Å². The summed E-state index contributed by atoms with van der Waals surface area (Å²) >= 11 is 7.39. The number of nitrogens with one attached hydrogen (secondary N) is 1. The number of nitrogens with zero attached hydrogens (tertiary/aromatic N) is 2. The number of hydrogen-bond acceptors (Lipinski definition) is 6. The van der Waals surface area contributed by atoms with Crippen molar-refractivity contribution in [2.75, 3.05) is 0 Å². The Kier molecular flexibility index (Phi) is 5.12. The summed E-state index contributed by atoms with van der Waals surface area (Å²) in [6.45, 7) is 1.82. The van der Waals surface area contributed by atoms with Crippen LogP contribution in [-0.2, 0) is 11.3 Å². The number of rotatable bonds is 6. The number of amides is 1. The number of carbonyl (C=O) groups is 1. The van der Waals surface area contributed by atoms with Gasteiger partial charge in [-0.1, -0.05) is 28.9 Å². The van der Waals surface area contributed by atoms with Gasteiger partial charge in [0.2, 0.25) is 0 Å². The number of halogens is 1. The highest BCUT2D eigenvalue weighted by molar-refractivity contribution is 7.13. The van der Waals surface area contributed by atoms with Crippen LogP contribution in [0.2, 0.25) is 5.02 Å². The molecule has 1 atom stereocenters. The molecule has 124 valence electrons. The average molecular weight is 364 g/mol. The minimum absolute atomic E-state index is 0.164. The molecule has 0 aliphatic heterocycles. The molecule has 1 N–H and O–H groups in total. The molecule has 0 saturated carbocycles. The van der Waals surface area contributed by atoms with Gasteiger partial charge < -0.3 is 14.6 Å². The van der Waals surface area contributed by atoms with E-state index < -0.39 is 6.10 Å². The third-order valence-corrected chi connectivity index (χ3v) is 4.19. The van der Waals surface area contributed by atoms with Gasteiger partial charge in [0.05, 0.1) is 11.4 Å². The summed E-state index contributed by atoms with van der Waals surface area (Å²) in [5.74, 6) is 1.10. The molecule has 1 unspecified atom stereocenters. The van der Waals surface area contributed by atoms with E-state index in [0.29, 0.717) is 22.5 Å². The highest BCUT2D eigenvalue weighted by Crippen LogP contribution is 2.22. The second-order valence-corrected chi connectivity index (χ2v) is 6.31. The van der Waals surface area contributed by atoms with Crippen LogP contribution in [0.1, 0.15) is 12.7 Å². The van der Waals surface area contributed by atoms with Crippen molar-refractivity contribution in [2.24, 2.45) is 0 Å². The van der Waals surface area contributed by atoms with Crippen LogP contribution in [0, 0.1) is 0 Å². The molecule has 8 heteroatoms. The van der Waals surface area contributed by atoms with E-state index in [4.69, 9.17) is 20.9 Å². The molecule has 24 heavy (non-hydrogen) atoms. The first-order valence-corrected chi connectivity index (χ1v) is 8.44. The van der Waals surface area contributed by atoms with Crippen LogP contribution in [-0.4, -0.2) is 22.2 Å². The highest BCUT2D eigenvalue weighted by atomic mass is 35.5. The molecule has 0 saturated heterocycles. The van der Waals surface area contributed by atoms with Crippen LogP contribution < -0.4 is 10.1 Å². The molecule has 0 aliphatic rings. The second-order valence-electron chi connectivity index (χ2n) is 4.93. The molecule has 1 amide bonds. The number of thiophene rings is 1. The molecule has 2 heterocycles. The molecule has 0 fully saturated rings. The molecular formula is C16H14ClN3O3S. The fourth-order valence-corrected chi connectivity index (χ4v) is 2.76. The van der Waals surface area contributed by atoms with E-state index in [1.807, 2.05) is 17.5 Å². The van der Waals surface area contributed by atoms with Gasteiger partial charge in [-0.2, -0.15) is 4.98 Å². The summed E-state index contributed by atoms with van der Waals surface area (Å²) in [6.07, 6.45) is -0.674. The maximum atomic E-state index is 12.1. The normalized spacial score (nSPS) is 11.9. The Morgan fingerprint density at radius 1 is 1.42 bits per heavy atom. The van der Waals surface area contributed by atoms with E-state index in [1.54, 1.807) is 31.2 Å². The number of ether oxygens (including phenoxy) is 1. The van der Waals surface area contributed by atoms with Crippen LogP contribution in [0.15, 0.2) is 46.3 Å². The van der Waals surface area contributed by atoms with Gasteiger partial charge in [-0.05, 0) is 36.6 Å². The summed E-state index contributed by atoms with van der Waals surface area (Å²) in [5, 5.41) is 9.04. The van der Waals surface area contributed by atoms with Gasteiger partial charge in [0.1, 0.15) is 5.75 Å². The lowest BCUT2D eigenvalue weighted by Gasteiger charge is -2.14. The predicted molar refractivity (Wildman–Crippen MR) is 91.0 cm³/mol. The summed E-state index contributed by atoms with van der Waals surface area (Å²) < 4.78 is 10.7. The van der Waals surface area contributed by atoms with E-state index in [9.17, 15) is 4.79 Å². The molecule has 0 aliphatic carbocycles. The quantitative estimate of drug-likeness (QED) is 0.724. The molecule has 1 aromatic carbocycles. The SMILES string of the molecule is CC(Oc1cccc(Cl)c1)C(=O)NCc1noc(-c2cccs2)n1. The first kappa shape index (κ1) is 16.5. The molecule has 0 spiro atoms. The number of aromatic nitrogens is 2. The molecular weight excluding hydrogens is 350 g/mol. The zero-order chi connectivity index (χ0) is 16.9. The Morgan fingerprint density at radius 2 is 2.29 bits per heavy atom. The zero-order valence-corrected chi connectivity index (χ0v) is 14.3. The fourth-order valence-electron chi connectivity index (χ4n) is 1.93. The first-order chi connectivity index (χ1) is 11.6. The minimum Gasteiger partial charge on any atom is -0.481 e.